The zero-order valence-electron chi connectivity index (χ0n) is 9.50. The molecule has 3 rings (SSSR count). The largest absolute Gasteiger partial charge is 0.481 e. The van der Waals surface area contributed by atoms with Crippen molar-refractivity contribution in [3.05, 3.63) is 36.1 Å². The highest BCUT2D eigenvalue weighted by molar-refractivity contribution is 6.06. The quantitative estimate of drug-likeness (QED) is 0.872. The van der Waals surface area contributed by atoms with E-state index in [4.69, 9.17) is 9.52 Å². The lowest BCUT2D eigenvalue weighted by Gasteiger charge is -2.36. The first kappa shape index (κ1) is 10.8. The van der Waals surface area contributed by atoms with Gasteiger partial charge in [0.05, 0.1) is 11.5 Å². The fraction of sp³-hybridized carbons (Fsp3) is 0.231. The molecule has 2 aromatic rings. The van der Waals surface area contributed by atoms with E-state index < -0.39 is 11.9 Å². The van der Waals surface area contributed by atoms with Gasteiger partial charge >= 0.3 is 5.97 Å². The van der Waals surface area contributed by atoms with Gasteiger partial charge in [-0.05, 0) is 6.07 Å². The molecule has 0 bridgehead atoms. The third kappa shape index (κ3) is 1.55. The van der Waals surface area contributed by atoms with Crippen molar-refractivity contribution in [1.29, 1.82) is 0 Å². The van der Waals surface area contributed by atoms with Crippen molar-refractivity contribution >= 4 is 22.8 Å². The van der Waals surface area contributed by atoms with Crippen molar-refractivity contribution in [3.8, 4) is 0 Å². The number of hydrogen-bond acceptors (Lipinski definition) is 3. The van der Waals surface area contributed by atoms with Crippen LogP contribution in [-0.2, 0) is 4.79 Å². The van der Waals surface area contributed by atoms with Crippen LogP contribution in [0.2, 0.25) is 0 Å². The lowest BCUT2D eigenvalue weighted by molar-refractivity contribution is -0.146. The molecule has 1 fully saturated rings. The molecule has 0 atom stereocenters. The average molecular weight is 245 g/mol. The molecule has 1 aliphatic heterocycles. The molecule has 1 aromatic carbocycles. The molecular weight excluding hydrogens is 234 g/mol. The summed E-state index contributed by atoms with van der Waals surface area (Å²) in [7, 11) is 0. The van der Waals surface area contributed by atoms with Crippen molar-refractivity contribution < 1.29 is 19.1 Å². The van der Waals surface area contributed by atoms with Crippen LogP contribution in [0.1, 0.15) is 10.4 Å². The number of likely N-dealkylation sites (tertiary alicyclic amines) is 1. The van der Waals surface area contributed by atoms with Crippen LogP contribution in [0.3, 0.4) is 0 Å². The van der Waals surface area contributed by atoms with Gasteiger partial charge in [-0.2, -0.15) is 0 Å². The Balaban J connectivity index is 1.84. The molecule has 5 heteroatoms. The molecule has 1 aromatic heterocycles. The highest BCUT2D eigenvalue weighted by atomic mass is 16.4. The Hall–Kier alpha value is -2.30. The number of carboxylic acids is 1. The van der Waals surface area contributed by atoms with E-state index in [0.29, 0.717) is 11.1 Å². The minimum absolute atomic E-state index is 0.169. The molecule has 18 heavy (non-hydrogen) atoms. The number of nitrogens with zero attached hydrogens (tertiary/aromatic N) is 1. The maximum absolute atomic E-state index is 12.1. The lowest BCUT2D eigenvalue weighted by atomic mass is 9.99. The van der Waals surface area contributed by atoms with Crippen LogP contribution in [0.15, 0.2) is 34.9 Å². The van der Waals surface area contributed by atoms with Crippen molar-refractivity contribution in [2.75, 3.05) is 13.1 Å². The van der Waals surface area contributed by atoms with Crippen LogP contribution in [0, 0.1) is 5.92 Å². The van der Waals surface area contributed by atoms with Crippen molar-refractivity contribution in [2.24, 2.45) is 5.92 Å². The smallest absolute Gasteiger partial charge is 0.310 e. The van der Waals surface area contributed by atoms with E-state index in [1.165, 1.54) is 11.2 Å². The molecule has 2 heterocycles. The Labute approximate surface area is 103 Å². The van der Waals surface area contributed by atoms with Crippen LogP contribution < -0.4 is 0 Å². The standard InChI is InChI=1S/C13H11NO4/c15-12(14-5-8(6-14)13(16)17)10-7-18-11-4-2-1-3-9(10)11/h1-4,7-8H,5-6H2,(H,16,17). The number of hydrogen-bond donors (Lipinski definition) is 1. The lowest BCUT2D eigenvalue weighted by Crippen LogP contribution is -2.52. The van der Waals surface area contributed by atoms with Crippen molar-refractivity contribution in [2.45, 2.75) is 0 Å². The second kappa shape index (κ2) is 3.87. The van der Waals surface area contributed by atoms with Gasteiger partial charge < -0.3 is 14.4 Å². The monoisotopic (exact) mass is 245 g/mol. The number of amides is 1. The summed E-state index contributed by atoms with van der Waals surface area (Å²) >= 11 is 0. The van der Waals surface area contributed by atoms with Crippen LogP contribution in [0.4, 0.5) is 0 Å². The first-order valence-corrected chi connectivity index (χ1v) is 5.65. The molecule has 0 unspecified atom stereocenters. The Kier molecular flexibility index (Phi) is 2.33. The van der Waals surface area contributed by atoms with Gasteiger partial charge in [0.15, 0.2) is 0 Å². The predicted octanol–water partition coefficient (Wildman–Crippen LogP) is 1.59. The number of rotatable bonds is 2. The summed E-state index contributed by atoms with van der Waals surface area (Å²) < 4.78 is 5.30. The normalized spacial score (nSPS) is 15.7. The van der Waals surface area contributed by atoms with Gasteiger partial charge in [-0.3, -0.25) is 9.59 Å². The first-order valence-electron chi connectivity index (χ1n) is 5.65. The van der Waals surface area contributed by atoms with E-state index >= 15 is 0 Å². The van der Waals surface area contributed by atoms with Gasteiger partial charge in [0.25, 0.3) is 5.91 Å². The minimum atomic E-state index is -0.851. The zero-order valence-corrected chi connectivity index (χ0v) is 9.50. The fourth-order valence-electron chi connectivity index (χ4n) is 2.11. The Morgan fingerprint density at radius 3 is 2.72 bits per heavy atom. The molecule has 5 nitrogen and oxygen atoms in total. The van der Waals surface area contributed by atoms with Crippen molar-refractivity contribution in [3.63, 3.8) is 0 Å². The molecule has 1 aliphatic rings. The van der Waals surface area contributed by atoms with Gasteiger partial charge in [-0.15, -0.1) is 0 Å². The van der Waals surface area contributed by atoms with Gasteiger partial charge in [-0.1, -0.05) is 18.2 Å². The van der Waals surface area contributed by atoms with E-state index in [9.17, 15) is 9.59 Å². The highest BCUT2D eigenvalue weighted by Gasteiger charge is 2.36. The summed E-state index contributed by atoms with van der Waals surface area (Å²) in [4.78, 5) is 24.4. The molecule has 0 saturated carbocycles. The van der Waals surface area contributed by atoms with Crippen molar-refractivity contribution in [1.82, 2.24) is 4.90 Å². The molecule has 0 spiro atoms. The topological polar surface area (TPSA) is 70.8 Å². The number of para-hydroxylation sites is 1. The van der Waals surface area contributed by atoms with Gasteiger partial charge in [0.2, 0.25) is 0 Å². The van der Waals surface area contributed by atoms with E-state index in [1.54, 1.807) is 6.07 Å². The maximum atomic E-state index is 12.1. The molecule has 1 amide bonds. The first-order chi connectivity index (χ1) is 8.66. The number of carboxylic acid groups (broad SMARTS) is 1. The Bertz CT molecular complexity index is 625. The average Bonchev–Trinajstić information content (AvgIpc) is 2.69. The highest BCUT2D eigenvalue weighted by Crippen LogP contribution is 2.25. The second-order valence-corrected chi connectivity index (χ2v) is 4.39. The number of benzene rings is 1. The maximum Gasteiger partial charge on any atom is 0.310 e. The van der Waals surface area contributed by atoms with Gasteiger partial charge in [0.1, 0.15) is 11.8 Å². The summed E-state index contributed by atoms with van der Waals surface area (Å²) in [6.45, 7) is 0.543. The Morgan fingerprint density at radius 2 is 2.00 bits per heavy atom. The summed E-state index contributed by atoms with van der Waals surface area (Å²) in [5.41, 5.74) is 1.16. The van der Waals surface area contributed by atoms with Crippen LogP contribution in [0.25, 0.3) is 11.0 Å². The van der Waals surface area contributed by atoms with Crippen LogP contribution >= 0.6 is 0 Å². The number of carbonyl (C=O) groups excluding carboxylic acids is 1. The second-order valence-electron chi connectivity index (χ2n) is 4.39. The Morgan fingerprint density at radius 1 is 1.28 bits per heavy atom. The molecule has 0 aliphatic carbocycles. The van der Waals surface area contributed by atoms with E-state index in [0.717, 1.165) is 5.39 Å². The van der Waals surface area contributed by atoms with E-state index in [-0.39, 0.29) is 19.0 Å². The van der Waals surface area contributed by atoms with Crippen LogP contribution in [0.5, 0.6) is 0 Å². The van der Waals surface area contributed by atoms with Gasteiger partial charge in [0, 0.05) is 18.5 Å². The van der Waals surface area contributed by atoms with Crippen LogP contribution in [-0.4, -0.2) is 35.0 Å². The molecular formula is C13H11NO4. The molecule has 92 valence electrons. The minimum Gasteiger partial charge on any atom is -0.481 e. The SMILES string of the molecule is O=C(O)C1CN(C(=O)c2coc3ccccc23)C1. The zero-order chi connectivity index (χ0) is 12.7. The number of furan rings is 1. The molecule has 1 saturated heterocycles. The molecule has 1 N–H and O–H groups in total. The summed E-state index contributed by atoms with van der Waals surface area (Å²) in [5, 5.41) is 9.54. The van der Waals surface area contributed by atoms with E-state index in [1.807, 2.05) is 18.2 Å². The summed E-state index contributed by atoms with van der Waals surface area (Å²) in [5.74, 6) is -1.46. The number of fused-ring (bicyclic) bond motifs is 1. The summed E-state index contributed by atoms with van der Waals surface area (Å²) in [6.07, 6.45) is 1.43. The predicted molar refractivity (Wildman–Crippen MR) is 63.2 cm³/mol. The summed E-state index contributed by atoms with van der Waals surface area (Å²) in [6, 6.07) is 7.29. The van der Waals surface area contributed by atoms with E-state index in [2.05, 4.69) is 0 Å². The van der Waals surface area contributed by atoms with Gasteiger partial charge in [-0.25, -0.2) is 0 Å². The third-order valence-electron chi connectivity index (χ3n) is 3.23. The molecule has 0 radical (unpaired) electrons. The third-order valence-corrected chi connectivity index (χ3v) is 3.23. The number of carbonyl (C=O) groups is 2. The number of aliphatic carboxylic acids is 1. The fourth-order valence-corrected chi connectivity index (χ4v) is 2.11.